The van der Waals surface area contributed by atoms with Crippen LogP contribution in [0.1, 0.15) is 32.1 Å². The lowest BCUT2D eigenvalue weighted by Crippen LogP contribution is -2.42. The van der Waals surface area contributed by atoms with E-state index in [9.17, 15) is 24.0 Å². The van der Waals surface area contributed by atoms with Crippen molar-refractivity contribution in [2.45, 2.75) is 32.1 Å². The molecule has 1 fully saturated rings. The van der Waals surface area contributed by atoms with Crippen LogP contribution in [-0.4, -0.2) is 66.2 Å². The lowest BCUT2D eigenvalue weighted by atomic mass is 10.2. The number of guanidine groups is 1. The third-order valence-electron chi connectivity index (χ3n) is 3.26. The normalized spacial score (nSPS) is 14.1. The first-order chi connectivity index (χ1) is 12.9. The predicted octanol–water partition coefficient (Wildman–Crippen LogP) is 0.0295. The molecule has 2 N–H and O–H groups in total. The number of amides is 3. The number of ketones is 1. The van der Waals surface area contributed by atoms with Crippen molar-refractivity contribution in [1.29, 1.82) is 0 Å². The number of hydrogen-bond acceptors (Lipinski definition) is 8. The van der Waals surface area contributed by atoms with Gasteiger partial charge >= 0.3 is 12.1 Å². The van der Waals surface area contributed by atoms with Crippen LogP contribution < -0.4 is 10.6 Å². The molecule has 1 saturated heterocycles. The highest BCUT2D eigenvalue weighted by atomic mass is 79.9. The fraction of sp³-hybridized carbons (Fsp3) is 0.600. The Morgan fingerprint density at radius 2 is 1.85 bits per heavy atom. The Kier molecular flexibility index (Phi) is 10.0. The second-order valence-corrected chi connectivity index (χ2v) is 5.91. The molecule has 1 rings (SSSR count). The van der Waals surface area contributed by atoms with Gasteiger partial charge in [-0.2, -0.15) is 0 Å². The summed E-state index contributed by atoms with van der Waals surface area (Å²) in [5.41, 5.74) is 0. The largest absolute Gasteiger partial charge is 0.453 e. The molecule has 12 heteroatoms. The van der Waals surface area contributed by atoms with Crippen LogP contribution in [0, 0.1) is 0 Å². The Bertz CT molecular complexity index is 607. The quantitative estimate of drug-likeness (QED) is 0.165. The summed E-state index contributed by atoms with van der Waals surface area (Å²) in [6.07, 6.45) is -0.0805. The van der Waals surface area contributed by atoms with Crippen LogP contribution in [0.5, 0.6) is 0 Å². The highest BCUT2D eigenvalue weighted by molar-refractivity contribution is 9.09. The second kappa shape index (κ2) is 12.0. The summed E-state index contributed by atoms with van der Waals surface area (Å²) in [5.74, 6) is -1.81. The number of alkyl carbamates (subject to hydrolysis) is 1. The minimum absolute atomic E-state index is 0.0157. The van der Waals surface area contributed by atoms with E-state index in [1.807, 2.05) is 0 Å². The van der Waals surface area contributed by atoms with Crippen molar-refractivity contribution < 1.29 is 33.5 Å². The zero-order chi connectivity index (χ0) is 20.2. The Balaban J connectivity index is 2.43. The Morgan fingerprint density at radius 3 is 2.44 bits per heavy atom. The number of hydroxylamine groups is 2. The van der Waals surface area contributed by atoms with Gasteiger partial charge in [0, 0.05) is 32.4 Å². The summed E-state index contributed by atoms with van der Waals surface area (Å²) >= 11 is 3.06. The molecule has 0 aromatic heterocycles. The van der Waals surface area contributed by atoms with E-state index in [-0.39, 0.29) is 49.4 Å². The van der Waals surface area contributed by atoms with E-state index in [0.717, 1.165) is 0 Å². The summed E-state index contributed by atoms with van der Waals surface area (Å²) in [4.78, 5) is 65.8. The van der Waals surface area contributed by atoms with Gasteiger partial charge in [0.25, 0.3) is 11.8 Å². The van der Waals surface area contributed by atoms with Crippen molar-refractivity contribution in [2.24, 2.45) is 4.99 Å². The summed E-state index contributed by atoms with van der Waals surface area (Å²) in [5, 5.41) is 5.80. The van der Waals surface area contributed by atoms with Crippen molar-refractivity contribution in [2.75, 3.05) is 25.5 Å². The van der Waals surface area contributed by atoms with Crippen LogP contribution in [0.3, 0.4) is 0 Å². The summed E-state index contributed by atoms with van der Waals surface area (Å²) in [7, 11) is 1.18. The molecule has 1 aliphatic rings. The number of halogens is 1. The molecule has 0 aromatic carbocycles. The Labute approximate surface area is 163 Å². The highest BCUT2D eigenvalue weighted by Crippen LogP contribution is 2.12. The third-order valence-corrected chi connectivity index (χ3v) is 3.88. The number of hydrogen-bond donors (Lipinski definition) is 2. The van der Waals surface area contributed by atoms with Gasteiger partial charge in [-0.25, -0.2) is 9.59 Å². The number of nitrogens with zero attached hydrogens (tertiary/aromatic N) is 2. The summed E-state index contributed by atoms with van der Waals surface area (Å²) < 4.78 is 4.48. The maximum absolute atomic E-state index is 11.7. The number of ether oxygens (including phenoxy) is 1. The van der Waals surface area contributed by atoms with E-state index in [0.29, 0.717) is 17.9 Å². The molecule has 0 bridgehead atoms. The molecule has 0 spiro atoms. The average molecular weight is 449 g/mol. The topological polar surface area (TPSA) is 143 Å². The minimum Gasteiger partial charge on any atom is -0.453 e. The fourth-order valence-corrected chi connectivity index (χ4v) is 2.19. The standard InChI is InChI=1S/C15H21BrN4O7/c1-26-15(25)19-14(17-7-2-3-10(21)9-16)18-8-6-13(24)27-20-11(22)4-5-12(20)23/h2-9H2,1H3,(H2,17,18,19,25). The van der Waals surface area contributed by atoms with Crippen LogP contribution in [0.2, 0.25) is 0 Å². The molecule has 1 aliphatic heterocycles. The monoisotopic (exact) mass is 448 g/mol. The molecular formula is C15H21BrN4O7. The summed E-state index contributed by atoms with van der Waals surface area (Å²) in [6, 6.07) is 0. The number of alkyl halides is 1. The molecule has 1 heterocycles. The Hall–Kier alpha value is -2.50. The predicted molar refractivity (Wildman–Crippen MR) is 95.7 cm³/mol. The van der Waals surface area contributed by atoms with E-state index in [4.69, 9.17) is 4.84 Å². The number of imide groups is 1. The van der Waals surface area contributed by atoms with Crippen LogP contribution in [0.4, 0.5) is 4.79 Å². The molecule has 27 heavy (non-hydrogen) atoms. The number of carbonyl (C=O) groups excluding carboxylic acids is 5. The molecule has 0 saturated carbocycles. The number of aliphatic imine (C=N–C) groups is 1. The zero-order valence-corrected chi connectivity index (χ0v) is 16.4. The highest BCUT2D eigenvalue weighted by Gasteiger charge is 2.32. The van der Waals surface area contributed by atoms with Crippen LogP contribution in [-0.2, 0) is 28.8 Å². The number of carbonyl (C=O) groups is 5. The van der Waals surface area contributed by atoms with E-state index >= 15 is 0 Å². The molecule has 3 amide bonds. The molecule has 0 aromatic rings. The third kappa shape index (κ3) is 8.62. The zero-order valence-electron chi connectivity index (χ0n) is 14.8. The lowest BCUT2D eigenvalue weighted by Gasteiger charge is -2.13. The van der Waals surface area contributed by atoms with Crippen molar-refractivity contribution >= 4 is 51.5 Å². The van der Waals surface area contributed by atoms with Gasteiger partial charge in [-0.3, -0.25) is 24.7 Å². The number of nitrogens with one attached hydrogen (secondary N) is 2. The maximum atomic E-state index is 11.7. The smallest absolute Gasteiger partial charge is 0.413 e. The first-order valence-electron chi connectivity index (χ1n) is 8.15. The van der Waals surface area contributed by atoms with Gasteiger partial charge in [0.15, 0.2) is 0 Å². The van der Waals surface area contributed by atoms with E-state index < -0.39 is 23.9 Å². The fourth-order valence-electron chi connectivity index (χ4n) is 1.91. The van der Waals surface area contributed by atoms with Crippen molar-refractivity contribution in [3.63, 3.8) is 0 Å². The molecular weight excluding hydrogens is 428 g/mol. The molecule has 0 atom stereocenters. The van der Waals surface area contributed by atoms with Gasteiger partial charge < -0.3 is 14.9 Å². The molecule has 11 nitrogen and oxygen atoms in total. The van der Waals surface area contributed by atoms with Crippen molar-refractivity contribution in [3.05, 3.63) is 0 Å². The van der Waals surface area contributed by atoms with Crippen molar-refractivity contribution in [1.82, 2.24) is 15.7 Å². The van der Waals surface area contributed by atoms with Gasteiger partial charge in [-0.05, 0) is 6.42 Å². The van der Waals surface area contributed by atoms with Crippen LogP contribution >= 0.6 is 15.9 Å². The van der Waals surface area contributed by atoms with E-state index in [2.05, 4.69) is 36.3 Å². The second-order valence-electron chi connectivity index (χ2n) is 5.34. The van der Waals surface area contributed by atoms with E-state index in [1.165, 1.54) is 7.11 Å². The van der Waals surface area contributed by atoms with Crippen LogP contribution in [0.25, 0.3) is 0 Å². The number of Topliss-reactive ketones (excluding diaryl/α,β-unsaturated/α-hetero) is 1. The SMILES string of the molecule is COC(=O)NC(=NCCCC(=O)CBr)NCCC(=O)ON1C(=O)CCC1=O. The van der Waals surface area contributed by atoms with Gasteiger partial charge in [-0.1, -0.05) is 15.9 Å². The first-order valence-corrected chi connectivity index (χ1v) is 9.27. The maximum Gasteiger partial charge on any atom is 0.413 e. The molecule has 0 aliphatic carbocycles. The lowest BCUT2D eigenvalue weighted by molar-refractivity contribution is -0.197. The van der Waals surface area contributed by atoms with Gasteiger partial charge in [-0.15, -0.1) is 5.06 Å². The average Bonchev–Trinajstić information content (AvgIpc) is 2.96. The van der Waals surface area contributed by atoms with Gasteiger partial charge in [0.05, 0.1) is 18.9 Å². The Morgan fingerprint density at radius 1 is 1.19 bits per heavy atom. The molecule has 0 radical (unpaired) electrons. The number of rotatable bonds is 9. The molecule has 0 unspecified atom stereocenters. The van der Waals surface area contributed by atoms with E-state index in [1.54, 1.807) is 0 Å². The first kappa shape index (κ1) is 22.5. The van der Waals surface area contributed by atoms with Gasteiger partial charge in [0.2, 0.25) is 5.96 Å². The van der Waals surface area contributed by atoms with Gasteiger partial charge in [0.1, 0.15) is 5.78 Å². The minimum atomic E-state index is -0.786. The molecule has 150 valence electrons. The summed E-state index contributed by atoms with van der Waals surface area (Å²) in [6.45, 7) is 0.296. The van der Waals surface area contributed by atoms with Crippen molar-refractivity contribution in [3.8, 4) is 0 Å². The number of methoxy groups -OCH3 is 1. The van der Waals surface area contributed by atoms with Crippen LogP contribution in [0.15, 0.2) is 4.99 Å².